The fraction of sp³-hybridized carbons (Fsp3) is 0.0769. The Bertz CT molecular complexity index is 717. The second-order valence-corrected chi connectivity index (χ2v) is 5.49. The molecule has 0 bridgehead atoms. The largest absolute Gasteiger partial charge is 0.461 e. The number of furan rings is 1. The van der Waals surface area contributed by atoms with E-state index in [0.717, 1.165) is 31.5 Å². The zero-order valence-corrected chi connectivity index (χ0v) is 12.6. The third-order valence-electron chi connectivity index (χ3n) is 2.66. The second kappa shape index (κ2) is 4.48. The Hall–Kier alpha value is -1.20. The van der Waals surface area contributed by atoms with Crippen LogP contribution in [-0.4, -0.2) is 9.97 Å². The summed E-state index contributed by atoms with van der Waals surface area (Å²) in [5, 5.41) is 1.03. The average Bonchev–Trinajstić information content (AvgIpc) is 2.63. The van der Waals surface area contributed by atoms with E-state index in [2.05, 4.69) is 41.8 Å². The molecule has 2 heterocycles. The van der Waals surface area contributed by atoms with Crippen LogP contribution in [-0.2, 0) is 0 Å². The van der Waals surface area contributed by atoms with Gasteiger partial charge in [0, 0.05) is 11.5 Å². The first-order chi connectivity index (χ1) is 8.65. The van der Waals surface area contributed by atoms with Crippen LogP contribution in [0.5, 0.6) is 0 Å². The van der Waals surface area contributed by atoms with Crippen molar-refractivity contribution in [1.82, 2.24) is 9.97 Å². The summed E-state index contributed by atoms with van der Waals surface area (Å²) >= 11 is 6.75. The Morgan fingerprint density at radius 1 is 1.06 bits per heavy atom. The van der Waals surface area contributed by atoms with Gasteiger partial charge in [0.25, 0.3) is 0 Å². The highest BCUT2D eigenvalue weighted by atomic mass is 79.9. The van der Waals surface area contributed by atoms with Crippen molar-refractivity contribution in [2.75, 3.05) is 0 Å². The number of rotatable bonds is 1. The van der Waals surface area contributed by atoms with Crippen molar-refractivity contribution in [3.05, 3.63) is 45.3 Å². The summed E-state index contributed by atoms with van der Waals surface area (Å²) < 4.78 is 7.20. The van der Waals surface area contributed by atoms with E-state index in [4.69, 9.17) is 4.42 Å². The number of aryl methyl sites for hydroxylation is 1. The minimum absolute atomic E-state index is 0.652. The molecule has 18 heavy (non-hydrogen) atoms. The van der Waals surface area contributed by atoms with Crippen LogP contribution in [0.25, 0.3) is 22.4 Å². The summed E-state index contributed by atoms with van der Waals surface area (Å²) in [5.74, 6) is 1.47. The summed E-state index contributed by atoms with van der Waals surface area (Å²) in [6.45, 7) is 1.92. The minimum atomic E-state index is 0.652. The topological polar surface area (TPSA) is 38.9 Å². The molecule has 5 heteroatoms. The number of nitrogens with zero attached hydrogens (tertiary/aromatic N) is 2. The maximum Gasteiger partial charge on any atom is 0.165 e. The molecule has 0 aliphatic rings. The van der Waals surface area contributed by atoms with E-state index in [9.17, 15) is 0 Å². The lowest BCUT2D eigenvalue weighted by molar-refractivity contribution is 0.579. The molecule has 0 amide bonds. The fourth-order valence-electron chi connectivity index (χ4n) is 1.95. The quantitative estimate of drug-likeness (QED) is 0.584. The summed E-state index contributed by atoms with van der Waals surface area (Å²) in [6, 6.07) is 9.69. The zero-order valence-electron chi connectivity index (χ0n) is 9.45. The first-order valence-corrected chi connectivity index (χ1v) is 6.92. The van der Waals surface area contributed by atoms with Crippen LogP contribution in [0, 0.1) is 6.92 Å². The number of hydrogen-bond donors (Lipinski definition) is 0. The Morgan fingerprint density at radius 2 is 1.72 bits per heavy atom. The van der Waals surface area contributed by atoms with Gasteiger partial charge in [0.05, 0.1) is 5.56 Å². The van der Waals surface area contributed by atoms with Gasteiger partial charge in [0.15, 0.2) is 5.82 Å². The fourth-order valence-corrected chi connectivity index (χ4v) is 3.02. The molecule has 2 aromatic heterocycles. The second-order valence-electron chi connectivity index (χ2n) is 3.87. The van der Waals surface area contributed by atoms with Gasteiger partial charge in [-0.3, -0.25) is 0 Å². The maximum absolute atomic E-state index is 5.72. The van der Waals surface area contributed by atoms with Crippen molar-refractivity contribution in [2.24, 2.45) is 0 Å². The van der Waals surface area contributed by atoms with E-state index in [-0.39, 0.29) is 0 Å². The van der Waals surface area contributed by atoms with Crippen LogP contribution in [0.3, 0.4) is 0 Å². The highest BCUT2D eigenvalue weighted by Crippen LogP contribution is 2.33. The molecular formula is C13H8Br2N2O. The monoisotopic (exact) mass is 366 g/mol. The van der Waals surface area contributed by atoms with E-state index in [1.165, 1.54) is 0 Å². The van der Waals surface area contributed by atoms with E-state index >= 15 is 0 Å². The molecule has 3 rings (SSSR count). The third-order valence-corrected chi connectivity index (χ3v) is 3.47. The van der Waals surface area contributed by atoms with Crippen LogP contribution in [0.1, 0.15) is 5.76 Å². The smallest absolute Gasteiger partial charge is 0.165 e. The predicted octanol–water partition coefficient (Wildman–Crippen LogP) is 4.72. The van der Waals surface area contributed by atoms with Crippen LogP contribution < -0.4 is 0 Å². The molecule has 3 aromatic rings. The lowest BCUT2D eigenvalue weighted by atomic mass is 10.1. The van der Waals surface area contributed by atoms with Crippen LogP contribution >= 0.6 is 31.9 Å². The lowest BCUT2D eigenvalue weighted by Gasteiger charge is -2.00. The highest BCUT2D eigenvalue weighted by Gasteiger charge is 2.15. The normalized spacial score (nSPS) is 11.1. The summed E-state index contributed by atoms with van der Waals surface area (Å²) in [7, 11) is 0. The van der Waals surface area contributed by atoms with Crippen molar-refractivity contribution < 1.29 is 4.42 Å². The predicted molar refractivity (Wildman–Crippen MR) is 77.4 cm³/mol. The molecule has 90 valence electrons. The van der Waals surface area contributed by atoms with Crippen molar-refractivity contribution in [3.8, 4) is 11.4 Å². The van der Waals surface area contributed by atoms with Gasteiger partial charge in [-0.2, -0.15) is 0 Å². The Labute approximate surface area is 121 Å². The molecule has 1 aromatic carbocycles. The lowest BCUT2D eigenvalue weighted by Crippen LogP contribution is -1.91. The zero-order chi connectivity index (χ0) is 12.7. The van der Waals surface area contributed by atoms with E-state index < -0.39 is 0 Å². The van der Waals surface area contributed by atoms with Crippen LogP contribution in [0.2, 0.25) is 0 Å². The van der Waals surface area contributed by atoms with Gasteiger partial charge in [-0.1, -0.05) is 18.2 Å². The van der Waals surface area contributed by atoms with Crippen molar-refractivity contribution in [1.29, 1.82) is 0 Å². The van der Waals surface area contributed by atoms with E-state index in [1.807, 2.05) is 31.2 Å². The molecule has 0 radical (unpaired) electrons. The van der Waals surface area contributed by atoms with Gasteiger partial charge in [-0.05, 0) is 44.8 Å². The van der Waals surface area contributed by atoms with Gasteiger partial charge in [0.2, 0.25) is 0 Å². The molecular weight excluding hydrogens is 360 g/mol. The number of aromatic nitrogens is 2. The molecule has 0 spiro atoms. The molecule has 0 aliphatic carbocycles. The molecule has 0 fully saturated rings. The van der Waals surface area contributed by atoms with Crippen LogP contribution in [0.15, 0.2) is 44.0 Å². The van der Waals surface area contributed by atoms with Crippen molar-refractivity contribution in [2.45, 2.75) is 6.92 Å². The first kappa shape index (κ1) is 11.9. The van der Waals surface area contributed by atoms with Gasteiger partial charge in [-0.15, -0.1) is 0 Å². The Balaban J connectivity index is 2.34. The van der Waals surface area contributed by atoms with E-state index in [0.29, 0.717) is 5.82 Å². The van der Waals surface area contributed by atoms with Gasteiger partial charge in [-0.25, -0.2) is 9.97 Å². The maximum atomic E-state index is 5.72. The standard InChI is InChI=1S/C13H8Br2N2O/c1-7-12(8-4-2-3-5-9(8)18-7)13-16-10(14)6-11(15)17-13/h2-6H,1H3. The third kappa shape index (κ3) is 1.97. The number of fused-ring (bicyclic) bond motifs is 1. The molecule has 0 saturated heterocycles. The van der Waals surface area contributed by atoms with E-state index in [1.54, 1.807) is 6.07 Å². The minimum Gasteiger partial charge on any atom is -0.461 e. The first-order valence-electron chi connectivity index (χ1n) is 5.34. The van der Waals surface area contributed by atoms with Gasteiger partial charge < -0.3 is 4.42 Å². The number of para-hydroxylation sites is 1. The van der Waals surface area contributed by atoms with Gasteiger partial charge >= 0.3 is 0 Å². The van der Waals surface area contributed by atoms with Crippen molar-refractivity contribution in [3.63, 3.8) is 0 Å². The number of benzene rings is 1. The number of halogens is 2. The summed E-state index contributed by atoms with van der Waals surface area (Å²) in [4.78, 5) is 8.81. The molecule has 0 unspecified atom stereocenters. The molecule has 0 aliphatic heterocycles. The molecule has 0 atom stereocenters. The number of hydrogen-bond acceptors (Lipinski definition) is 3. The molecule has 3 nitrogen and oxygen atoms in total. The van der Waals surface area contributed by atoms with Gasteiger partial charge in [0.1, 0.15) is 20.5 Å². The molecule has 0 saturated carbocycles. The highest BCUT2D eigenvalue weighted by molar-refractivity contribution is 9.11. The average molecular weight is 368 g/mol. The Morgan fingerprint density at radius 3 is 2.44 bits per heavy atom. The summed E-state index contributed by atoms with van der Waals surface area (Å²) in [6.07, 6.45) is 0. The molecule has 0 N–H and O–H groups in total. The summed E-state index contributed by atoms with van der Waals surface area (Å²) in [5.41, 5.74) is 1.79. The van der Waals surface area contributed by atoms with Crippen molar-refractivity contribution >= 4 is 42.8 Å². The Kier molecular flexibility index (Phi) is 2.95. The van der Waals surface area contributed by atoms with Crippen LogP contribution in [0.4, 0.5) is 0 Å². The SMILES string of the molecule is Cc1oc2ccccc2c1-c1nc(Br)cc(Br)n1.